The normalized spacial score (nSPS) is 12.2. The van der Waals surface area contributed by atoms with Crippen LogP contribution in [0.2, 0.25) is 5.02 Å². The van der Waals surface area contributed by atoms with Gasteiger partial charge < -0.3 is 14.4 Å². The highest BCUT2D eigenvalue weighted by Crippen LogP contribution is 2.33. The van der Waals surface area contributed by atoms with Crippen LogP contribution in [-0.2, 0) is 11.2 Å². The lowest BCUT2D eigenvalue weighted by molar-refractivity contribution is -0.138. The summed E-state index contributed by atoms with van der Waals surface area (Å²) in [4.78, 5) is 11.7. The quantitative estimate of drug-likeness (QED) is 0.916. The Morgan fingerprint density at radius 1 is 1.48 bits per heavy atom. The Bertz CT molecular complexity index is 646. The van der Waals surface area contributed by atoms with Gasteiger partial charge in [0.05, 0.1) is 18.7 Å². The van der Waals surface area contributed by atoms with E-state index in [-0.39, 0.29) is 6.42 Å². The van der Waals surface area contributed by atoms with E-state index in [1.165, 1.54) is 7.11 Å². The number of carboxylic acids is 1. The first-order valence-electron chi connectivity index (χ1n) is 6.42. The minimum Gasteiger partial charge on any atom is -0.496 e. The van der Waals surface area contributed by atoms with Crippen LogP contribution in [-0.4, -0.2) is 23.3 Å². The van der Waals surface area contributed by atoms with Gasteiger partial charge in [0, 0.05) is 16.1 Å². The van der Waals surface area contributed by atoms with E-state index in [0.29, 0.717) is 27.8 Å². The SMILES string of the molecule is COc1ccc(Cl)cc1C(Cc1c(C)noc1C)C(=O)O. The zero-order valence-electron chi connectivity index (χ0n) is 12.0. The first kappa shape index (κ1) is 15.4. The molecule has 1 aromatic carbocycles. The molecule has 5 nitrogen and oxygen atoms in total. The third kappa shape index (κ3) is 3.19. The average molecular weight is 310 g/mol. The predicted molar refractivity (Wildman–Crippen MR) is 78.1 cm³/mol. The third-order valence-corrected chi connectivity index (χ3v) is 3.69. The summed E-state index contributed by atoms with van der Waals surface area (Å²) >= 11 is 5.99. The second kappa shape index (κ2) is 6.18. The molecule has 0 spiro atoms. The lowest BCUT2D eigenvalue weighted by Crippen LogP contribution is -2.16. The van der Waals surface area contributed by atoms with Crippen molar-refractivity contribution in [3.63, 3.8) is 0 Å². The summed E-state index contributed by atoms with van der Waals surface area (Å²) in [6, 6.07) is 4.96. The molecule has 0 aliphatic rings. The van der Waals surface area contributed by atoms with Gasteiger partial charge in [0.1, 0.15) is 11.5 Å². The van der Waals surface area contributed by atoms with Gasteiger partial charge in [0.25, 0.3) is 0 Å². The number of aryl methyl sites for hydroxylation is 2. The minimum atomic E-state index is -0.949. The number of hydrogen-bond acceptors (Lipinski definition) is 4. The molecule has 0 fully saturated rings. The fourth-order valence-electron chi connectivity index (χ4n) is 2.31. The molecule has 21 heavy (non-hydrogen) atoms. The molecule has 0 saturated heterocycles. The Morgan fingerprint density at radius 2 is 2.19 bits per heavy atom. The second-order valence-corrected chi connectivity index (χ2v) is 5.22. The number of methoxy groups -OCH3 is 1. The first-order valence-corrected chi connectivity index (χ1v) is 6.79. The van der Waals surface area contributed by atoms with Crippen LogP contribution in [0.4, 0.5) is 0 Å². The van der Waals surface area contributed by atoms with Gasteiger partial charge >= 0.3 is 5.97 Å². The maximum atomic E-state index is 11.7. The van der Waals surface area contributed by atoms with Crippen molar-refractivity contribution in [1.82, 2.24) is 5.16 Å². The molecule has 0 amide bonds. The molecular formula is C15H16ClNO4. The number of halogens is 1. The maximum absolute atomic E-state index is 11.7. The number of aliphatic carboxylic acids is 1. The fourth-order valence-corrected chi connectivity index (χ4v) is 2.49. The van der Waals surface area contributed by atoms with Crippen molar-refractivity contribution in [1.29, 1.82) is 0 Å². The first-order chi connectivity index (χ1) is 9.93. The molecule has 1 heterocycles. The van der Waals surface area contributed by atoms with Gasteiger partial charge in [0.2, 0.25) is 0 Å². The molecule has 1 N–H and O–H groups in total. The number of carbonyl (C=O) groups is 1. The molecule has 1 unspecified atom stereocenters. The monoisotopic (exact) mass is 309 g/mol. The van der Waals surface area contributed by atoms with E-state index < -0.39 is 11.9 Å². The molecule has 0 bridgehead atoms. The highest BCUT2D eigenvalue weighted by molar-refractivity contribution is 6.30. The second-order valence-electron chi connectivity index (χ2n) is 4.78. The smallest absolute Gasteiger partial charge is 0.311 e. The van der Waals surface area contributed by atoms with E-state index in [0.717, 1.165) is 5.56 Å². The van der Waals surface area contributed by atoms with E-state index in [9.17, 15) is 9.90 Å². The summed E-state index contributed by atoms with van der Waals surface area (Å²) in [5.41, 5.74) is 2.03. The van der Waals surface area contributed by atoms with Crippen LogP contribution in [0.5, 0.6) is 5.75 Å². The molecule has 112 valence electrons. The standard InChI is InChI=1S/C15H16ClNO4/c1-8-11(9(2)21-17-8)7-13(15(18)19)12-6-10(16)4-5-14(12)20-3/h4-6,13H,7H2,1-3H3,(H,18,19). The van der Waals surface area contributed by atoms with Crippen LogP contribution in [0.3, 0.4) is 0 Å². The molecule has 0 radical (unpaired) electrons. The molecule has 0 aliphatic heterocycles. The van der Waals surface area contributed by atoms with Gasteiger partial charge in [-0.3, -0.25) is 4.79 Å². The van der Waals surface area contributed by atoms with Gasteiger partial charge in [-0.2, -0.15) is 0 Å². The van der Waals surface area contributed by atoms with Crippen LogP contribution in [0.1, 0.15) is 28.5 Å². The Morgan fingerprint density at radius 3 is 2.71 bits per heavy atom. The van der Waals surface area contributed by atoms with Gasteiger partial charge in [-0.15, -0.1) is 0 Å². The number of ether oxygens (including phenoxy) is 1. The summed E-state index contributed by atoms with van der Waals surface area (Å²) in [7, 11) is 1.50. The van der Waals surface area contributed by atoms with E-state index in [1.54, 1.807) is 32.0 Å². The summed E-state index contributed by atoms with van der Waals surface area (Å²) in [5.74, 6) is -0.607. The zero-order valence-corrected chi connectivity index (χ0v) is 12.8. The van der Waals surface area contributed by atoms with Crippen LogP contribution in [0, 0.1) is 13.8 Å². The molecule has 2 rings (SSSR count). The van der Waals surface area contributed by atoms with E-state index >= 15 is 0 Å². The average Bonchev–Trinajstić information content (AvgIpc) is 2.75. The maximum Gasteiger partial charge on any atom is 0.311 e. The molecule has 2 aromatic rings. The van der Waals surface area contributed by atoms with Crippen molar-refractivity contribution >= 4 is 17.6 Å². The summed E-state index contributed by atoms with van der Waals surface area (Å²) in [5, 5.41) is 13.9. The van der Waals surface area contributed by atoms with E-state index in [1.807, 2.05) is 0 Å². The van der Waals surface area contributed by atoms with Crippen molar-refractivity contribution in [2.45, 2.75) is 26.2 Å². The van der Waals surface area contributed by atoms with Crippen LogP contribution < -0.4 is 4.74 Å². The molecule has 6 heteroatoms. The number of benzene rings is 1. The van der Waals surface area contributed by atoms with Crippen LogP contribution >= 0.6 is 11.6 Å². The Hall–Kier alpha value is -2.01. The Balaban J connectivity index is 2.45. The van der Waals surface area contributed by atoms with Gasteiger partial charge in [-0.1, -0.05) is 16.8 Å². The summed E-state index contributed by atoms with van der Waals surface area (Å²) in [6.07, 6.45) is 0.271. The topological polar surface area (TPSA) is 72.6 Å². The van der Waals surface area contributed by atoms with Crippen LogP contribution in [0.25, 0.3) is 0 Å². The van der Waals surface area contributed by atoms with Crippen molar-refractivity contribution in [2.75, 3.05) is 7.11 Å². The van der Waals surface area contributed by atoms with Crippen molar-refractivity contribution in [2.24, 2.45) is 0 Å². The van der Waals surface area contributed by atoms with Crippen molar-refractivity contribution in [3.05, 3.63) is 45.8 Å². The Labute approximate surface area is 127 Å². The number of hydrogen-bond donors (Lipinski definition) is 1. The number of nitrogens with zero attached hydrogens (tertiary/aromatic N) is 1. The minimum absolute atomic E-state index is 0.271. The molecular weight excluding hydrogens is 294 g/mol. The summed E-state index contributed by atoms with van der Waals surface area (Å²) in [6.45, 7) is 3.56. The van der Waals surface area contributed by atoms with E-state index in [4.69, 9.17) is 20.9 Å². The molecule has 0 saturated carbocycles. The number of rotatable bonds is 5. The largest absolute Gasteiger partial charge is 0.496 e. The number of aromatic nitrogens is 1. The molecule has 0 aliphatic carbocycles. The fraction of sp³-hybridized carbons (Fsp3) is 0.333. The highest BCUT2D eigenvalue weighted by atomic mass is 35.5. The van der Waals surface area contributed by atoms with Crippen LogP contribution in [0.15, 0.2) is 22.7 Å². The Kier molecular flexibility index (Phi) is 4.53. The highest BCUT2D eigenvalue weighted by Gasteiger charge is 2.27. The lowest BCUT2D eigenvalue weighted by Gasteiger charge is -2.16. The lowest BCUT2D eigenvalue weighted by atomic mass is 9.90. The molecule has 1 atom stereocenters. The van der Waals surface area contributed by atoms with E-state index in [2.05, 4.69) is 5.16 Å². The van der Waals surface area contributed by atoms with Gasteiger partial charge in [0.15, 0.2) is 0 Å². The zero-order chi connectivity index (χ0) is 15.6. The van der Waals surface area contributed by atoms with Gasteiger partial charge in [-0.05, 0) is 38.5 Å². The predicted octanol–water partition coefficient (Wildman–Crippen LogP) is 3.36. The van der Waals surface area contributed by atoms with Crippen molar-refractivity contribution < 1.29 is 19.2 Å². The van der Waals surface area contributed by atoms with Gasteiger partial charge in [-0.25, -0.2) is 0 Å². The van der Waals surface area contributed by atoms with Crippen molar-refractivity contribution in [3.8, 4) is 5.75 Å². The third-order valence-electron chi connectivity index (χ3n) is 3.45. The summed E-state index contributed by atoms with van der Waals surface area (Å²) < 4.78 is 10.3. The molecule has 1 aromatic heterocycles. The number of carboxylic acid groups (broad SMARTS) is 1.